The number of hydrogen-bond acceptors (Lipinski definition) is 5. The van der Waals surface area contributed by atoms with Gasteiger partial charge in [-0.15, -0.1) is 0 Å². The predicted molar refractivity (Wildman–Crippen MR) is 134 cm³/mol. The van der Waals surface area contributed by atoms with Gasteiger partial charge in [-0.2, -0.15) is 0 Å². The minimum Gasteiger partial charge on any atom is -0.484 e. The number of amides is 3. The summed E-state index contributed by atoms with van der Waals surface area (Å²) in [6, 6.07) is 18.3. The van der Waals surface area contributed by atoms with Gasteiger partial charge >= 0.3 is 0 Å². The molecule has 3 amide bonds. The standard InChI is InChI=1S/C27H23FN2O4S/c1-17-6-11-22(12-18(17)2)29-25(31)16-34-23-5-3-4-20(13-23)14-24-26(32)30(27(33)35-24)15-19-7-9-21(28)10-8-19/h3-14H,15-16H2,1-2H3,(H,29,31)/b24-14-. The van der Waals surface area contributed by atoms with E-state index in [0.29, 0.717) is 22.6 Å². The zero-order valence-electron chi connectivity index (χ0n) is 19.2. The molecule has 178 valence electrons. The van der Waals surface area contributed by atoms with Crippen LogP contribution in [0.4, 0.5) is 14.9 Å². The Balaban J connectivity index is 1.38. The number of thioether (sulfide) groups is 1. The van der Waals surface area contributed by atoms with Gasteiger partial charge in [0.05, 0.1) is 11.4 Å². The largest absolute Gasteiger partial charge is 0.484 e. The van der Waals surface area contributed by atoms with Crippen LogP contribution in [0.3, 0.4) is 0 Å². The fourth-order valence-electron chi connectivity index (χ4n) is 3.42. The minimum atomic E-state index is -0.414. The first-order valence-corrected chi connectivity index (χ1v) is 11.7. The molecular formula is C27H23FN2O4S. The number of aryl methyl sites for hydroxylation is 2. The molecule has 8 heteroatoms. The van der Waals surface area contributed by atoms with Crippen molar-refractivity contribution in [2.24, 2.45) is 0 Å². The van der Waals surface area contributed by atoms with E-state index in [0.717, 1.165) is 27.8 Å². The van der Waals surface area contributed by atoms with Crippen LogP contribution in [0.2, 0.25) is 0 Å². The van der Waals surface area contributed by atoms with Gasteiger partial charge in [0.25, 0.3) is 17.1 Å². The molecule has 1 fully saturated rings. The van der Waals surface area contributed by atoms with Crippen LogP contribution in [-0.4, -0.2) is 28.6 Å². The Morgan fingerprint density at radius 1 is 1.03 bits per heavy atom. The molecule has 1 N–H and O–H groups in total. The minimum absolute atomic E-state index is 0.0705. The highest BCUT2D eigenvalue weighted by atomic mass is 32.2. The van der Waals surface area contributed by atoms with Crippen molar-refractivity contribution in [2.75, 3.05) is 11.9 Å². The Morgan fingerprint density at radius 2 is 1.80 bits per heavy atom. The first-order chi connectivity index (χ1) is 16.8. The average molecular weight is 491 g/mol. The Hall–Kier alpha value is -3.91. The molecular weight excluding hydrogens is 467 g/mol. The summed E-state index contributed by atoms with van der Waals surface area (Å²) in [4.78, 5) is 38.8. The number of anilines is 1. The van der Waals surface area contributed by atoms with Crippen LogP contribution in [0, 0.1) is 19.7 Å². The lowest BCUT2D eigenvalue weighted by Gasteiger charge is -2.12. The van der Waals surface area contributed by atoms with Gasteiger partial charge in [-0.1, -0.05) is 30.3 Å². The van der Waals surface area contributed by atoms with Crippen molar-refractivity contribution in [3.8, 4) is 5.75 Å². The topological polar surface area (TPSA) is 75.7 Å². The van der Waals surface area contributed by atoms with Crippen molar-refractivity contribution in [3.63, 3.8) is 0 Å². The Labute approximate surface area is 206 Å². The van der Waals surface area contributed by atoms with Gasteiger partial charge in [0.15, 0.2) is 6.61 Å². The SMILES string of the molecule is Cc1ccc(NC(=O)COc2cccc(/C=C3\SC(=O)N(Cc4ccc(F)cc4)C3=O)c2)cc1C. The first-order valence-electron chi connectivity index (χ1n) is 10.9. The molecule has 4 rings (SSSR count). The second-order valence-corrected chi connectivity index (χ2v) is 9.10. The van der Waals surface area contributed by atoms with Crippen LogP contribution in [0.25, 0.3) is 6.08 Å². The van der Waals surface area contributed by atoms with Crippen molar-refractivity contribution in [2.45, 2.75) is 20.4 Å². The van der Waals surface area contributed by atoms with Gasteiger partial charge in [0.1, 0.15) is 11.6 Å². The van der Waals surface area contributed by atoms with Crippen LogP contribution in [-0.2, 0) is 16.1 Å². The third kappa shape index (κ3) is 6.16. The highest BCUT2D eigenvalue weighted by Gasteiger charge is 2.35. The number of carbonyl (C=O) groups excluding carboxylic acids is 3. The molecule has 1 aliphatic heterocycles. The fourth-order valence-corrected chi connectivity index (χ4v) is 4.26. The number of imide groups is 1. The summed E-state index contributed by atoms with van der Waals surface area (Å²) < 4.78 is 18.7. The quantitative estimate of drug-likeness (QED) is 0.430. The summed E-state index contributed by atoms with van der Waals surface area (Å²) in [5.41, 5.74) is 4.24. The number of nitrogens with one attached hydrogen (secondary N) is 1. The van der Waals surface area contributed by atoms with E-state index in [1.807, 2.05) is 32.0 Å². The maximum Gasteiger partial charge on any atom is 0.293 e. The van der Waals surface area contributed by atoms with Crippen molar-refractivity contribution in [3.05, 3.63) is 99.7 Å². The van der Waals surface area contributed by atoms with Crippen LogP contribution in [0.5, 0.6) is 5.75 Å². The van der Waals surface area contributed by atoms with Crippen LogP contribution < -0.4 is 10.1 Å². The van der Waals surface area contributed by atoms with E-state index >= 15 is 0 Å². The smallest absolute Gasteiger partial charge is 0.293 e. The molecule has 0 atom stereocenters. The molecule has 0 aromatic heterocycles. The summed E-state index contributed by atoms with van der Waals surface area (Å²) >= 11 is 0.846. The number of ether oxygens (including phenoxy) is 1. The lowest BCUT2D eigenvalue weighted by molar-refractivity contribution is -0.123. The molecule has 0 bridgehead atoms. The first kappa shape index (κ1) is 24.2. The summed E-state index contributed by atoms with van der Waals surface area (Å²) in [6.07, 6.45) is 1.61. The van der Waals surface area contributed by atoms with E-state index < -0.39 is 5.91 Å². The van der Waals surface area contributed by atoms with Gasteiger partial charge in [-0.3, -0.25) is 19.3 Å². The Kier molecular flexibility index (Phi) is 7.31. The van der Waals surface area contributed by atoms with Crippen molar-refractivity contribution in [1.29, 1.82) is 0 Å². The maximum atomic E-state index is 13.1. The van der Waals surface area contributed by atoms with Crippen molar-refractivity contribution >= 4 is 40.6 Å². The molecule has 0 unspecified atom stereocenters. The van der Waals surface area contributed by atoms with Gasteiger partial charge in [-0.25, -0.2) is 4.39 Å². The zero-order valence-corrected chi connectivity index (χ0v) is 20.0. The molecule has 6 nitrogen and oxygen atoms in total. The second kappa shape index (κ2) is 10.6. The molecule has 3 aromatic carbocycles. The number of nitrogens with zero attached hydrogens (tertiary/aromatic N) is 1. The molecule has 0 radical (unpaired) electrons. The van der Waals surface area contributed by atoms with Gasteiger partial charge in [-0.05, 0) is 90.3 Å². The van der Waals surface area contributed by atoms with Gasteiger partial charge < -0.3 is 10.1 Å². The van der Waals surface area contributed by atoms with E-state index in [-0.39, 0.29) is 35.0 Å². The number of halogens is 1. The highest BCUT2D eigenvalue weighted by molar-refractivity contribution is 8.18. The van der Waals surface area contributed by atoms with E-state index in [9.17, 15) is 18.8 Å². The van der Waals surface area contributed by atoms with E-state index in [4.69, 9.17) is 4.74 Å². The van der Waals surface area contributed by atoms with E-state index in [2.05, 4.69) is 5.32 Å². The molecule has 0 spiro atoms. The van der Waals surface area contributed by atoms with Crippen LogP contribution >= 0.6 is 11.8 Å². The summed E-state index contributed by atoms with van der Waals surface area (Å²) in [5.74, 6) is -0.629. The third-order valence-corrected chi connectivity index (χ3v) is 6.35. The number of benzene rings is 3. The molecule has 1 aliphatic rings. The average Bonchev–Trinajstić information content (AvgIpc) is 3.09. The van der Waals surface area contributed by atoms with E-state index in [1.54, 1.807) is 42.5 Å². The van der Waals surface area contributed by atoms with Crippen LogP contribution in [0.1, 0.15) is 22.3 Å². The molecule has 0 saturated carbocycles. The molecule has 35 heavy (non-hydrogen) atoms. The number of hydrogen-bond donors (Lipinski definition) is 1. The number of rotatable bonds is 7. The molecule has 3 aromatic rings. The second-order valence-electron chi connectivity index (χ2n) is 8.10. The zero-order chi connectivity index (χ0) is 24.9. The lowest BCUT2D eigenvalue weighted by Crippen LogP contribution is -2.27. The molecule has 0 aliphatic carbocycles. The van der Waals surface area contributed by atoms with Crippen LogP contribution in [0.15, 0.2) is 71.6 Å². The fraction of sp³-hybridized carbons (Fsp3) is 0.148. The summed E-state index contributed by atoms with van der Waals surface area (Å²) in [7, 11) is 0. The normalized spacial score (nSPS) is 14.5. The molecule has 1 saturated heterocycles. The van der Waals surface area contributed by atoms with Gasteiger partial charge in [0.2, 0.25) is 0 Å². The molecule has 1 heterocycles. The summed E-state index contributed by atoms with van der Waals surface area (Å²) in [5, 5.41) is 2.42. The summed E-state index contributed by atoms with van der Waals surface area (Å²) in [6.45, 7) is 3.87. The number of carbonyl (C=O) groups is 3. The Morgan fingerprint density at radius 3 is 2.54 bits per heavy atom. The van der Waals surface area contributed by atoms with Crippen molar-refractivity contribution < 1.29 is 23.5 Å². The predicted octanol–water partition coefficient (Wildman–Crippen LogP) is 5.70. The third-order valence-electron chi connectivity index (χ3n) is 5.44. The van der Waals surface area contributed by atoms with Gasteiger partial charge in [0, 0.05) is 5.69 Å². The Bertz CT molecular complexity index is 1320. The monoisotopic (exact) mass is 490 g/mol. The maximum absolute atomic E-state index is 13.1. The lowest BCUT2D eigenvalue weighted by atomic mass is 10.1. The highest BCUT2D eigenvalue weighted by Crippen LogP contribution is 2.33. The van der Waals surface area contributed by atoms with Crippen molar-refractivity contribution in [1.82, 2.24) is 4.90 Å². The van der Waals surface area contributed by atoms with E-state index in [1.165, 1.54) is 12.1 Å².